The van der Waals surface area contributed by atoms with Gasteiger partial charge in [0.15, 0.2) is 5.75 Å². The molecule has 0 saturated heterocycles. The van der Waals surface area contributed by atoms with Gasteiger partial charge in [-0.2, -0.15) is 0 Å². The van der Waals surface area contributed by atoms with Crippen LogP contribution in [0.4, 0.5) is 10.5 Å². The van der Waals surface area contributed by atoms with Gasteiger partial charge in [0.2, 0.25) is 10.0 Å². The second kappa shape index (κ2) is 11.0. The molecular formula is C18H29N3O7S. The van der Waals surface area contributed by atoms with Crippen LogP contribution in [0.1, 0.15) is 39.2 Å². The molecule has 1 aromatic rings. The van der Waals surface area contributed by atoms with Gasteiger partial charge in [0.05, 0.1) is 4.92 Å². The van der Waals surface area contributed by atoms with Crippen molar-refractivity contribution in [2.75, 3.05) is 25.5 Å². The van der Waals surface area contributed by atoms with Crippen LogP contribution in [0.3, 0.4) is 0 Å². The minimum Gasteiger partial charge on any atom is -0.502 e. The van der Waals surface area contributed by atoms with Crippen LogP contribution in [0.25, 0.3) is 0 Å². The van der Waals surface area contributed by atoms with Crippen molar-refractivity contribution in [2.45, 2.75) is 40.0 Å². The molecule has 0 aliphatic rings. The number of nitro benzene ring substituents is 1. The van der Waals surface area contributed by atoms with Crippen LogP contribution >= 0.6 is 0 Å². The molecule has 0 bridgehead atoms. The Balaban J connectivity index is 2.96. The topological polar surface area (TPSA) is 141 Å². The highest BCUT2D eigenvalue weighted by Crippen LogP contribution is 2.29. The van der Waals surface area contributed by atoms with Crippen molar-refractivity contribution in [2.24, 2.45) is 5.92 Å². The SMILES string of the molecule is CCCN(CCc1cccc([N+](=O)[O-])c1O)S(=O)(=O)CN(CCC(C)C)C(=O)O. The minimum absolute atomic E-state index is 0.0253. The fourth-order valence-electron chi connectivity index (χ4n) is 2.72. The molecule has 0 aliphatic carbocycles. The summed E-state index contributed by atoms with van der Waals surface area (Å²) in [5, 5.41) is 30.3. The van der Waals surface area contributed by atoms with Crippen LogP contribution in [-0.2, 0) is 16.4 Å². The van der Waals surface area contributed by atoms with Gasteiger partial charge in [-0.1, -0.05) is 32.9 Å². The highest BCUT2D eigenvalue weighted by molar-refractivity contribution is 7.89. The van der Waals surface area contributed by atoms with Crippen molar-refractivity contribution in [3.63, 3.8) is 0 Å². The molecule has 0 fully saturated rings. The summed E-state index contributed by atoms with van der Waals surface area (Å²) < 4.78 is 26.8. The number of sulfonamides is 1. The number of phenolic OH excluding ortho intramolecular Hbond substituents is 1. The normalized spacial score (nSPS) is 11.8. The quantitative estimate of drug-likeness (QED) is 0.383. The Labute approximate surface area is 170 Å². The Kier molecular flexibility index (Phi) is 9.31. The van der Waals surface area contributed by atoms with Gasteiger partial charge in [-0.05, 0) is 25.2 Å². The van der Waals surface area contributed by atoms with E-state index in [1.165, 1.54) is 18.2 Å². The van der Waals surface area contributed by atoms with E-state index in [2.05, 4.69) is 0 Å². The molecular weight excluding hydrogens is 402 g/mol. The molecule has 164 valence electrons. The van der Waals surface area contributed by atoms with E-state index < -0.39 is 38.4 Å². The number of nitrogens with zero attached hydrogens (tertiary/aromatic N) is 3. The first kappa shape index (κ1) is 24.6. The van der Waals surface area contributed by atoms with Gasteiger partial charge >= 0.3 is 11.8 Å². The Morgan fingerprint density at radius 3 is 2.41 bits per heavy atom. The van der Waals surface area contributed by atoms with Gasteiger partial charge in [-0.3, -0.25) is 15.0 Å². The molecule has 0 spiro atoms. The largest absolute Gasteiger partial charge is 0.502 e. The maximum Gasteiger partial charge on any atom is 0.408 e. The Hall–Kier alpha value is -2.40. The number of benzene rings is 1. The van der Waals surface area contributed by atoms with Gasteiger partial charge < -0.3 is 10.2 Å². The van der Waals surface area contributed by atoms with Gasteiger partial charge in [-0.15, -0.1) is 0 Å². The predicted octanol–water partition coefficient (Wildman–Crippen LogP) is 2.87. The molecule has 1 aromatic carbocycles. The van der Waals surface area contributed by atoms with Crippen LogP contribution < -0.4 is 0 Å². The number of aromatic hydroxyl groups is 1. The van der Waals surface area contributed by atoms with E-state index in [1.807, 2.05) is 13.8 Å². The Morgan fingerprint density at radius 2 is 1.90 bits per heavy atom. The van der Waals surface area contributed by atoms with Gasteiger partial charge in [0, 0.05) is 31.3 Å². The molecule has 1 rings (SSSR count). The van der Waals surface area contributed by atoms with Crippen molar-refractivity contribution in [3.8, 4) is 5.75 Å². The molecule has 11 heteroatoms. The number of amides is 1. The lowest BCUT2D eigenvalue weighted by molar-refractivity contribution is -0.385. The molecule has 1 amide bonds. The maximum absolute atomic E-state index is 12.8. The summed E-state index contributed by atoms with van der Waals surface area (Å²) in [6.45, 7) is 5.89. The third-order valence-corrected chi connectivity index (χ3v) is 6.15. The number of carbonyl (C=O) groups is 1. The standard InChI is InChI=1S/C18H29N3O7S/c1-4-10-20(12-9-15-6-5-7-16(17(15)22)21(25)26)29(27,28)13-19(18(23)24)11-8-14(2)3/h5-7,14,22H,4,8-13H2,1-3H3,(H,23,24). The van der Waals surface area contributed by atoms with Crippen LogP contribution in [0.2, 0.25) is 0 Å². The average molecular weight is 432 g/mol. The van der Waals surface area contributed by atoms with E-state index in [1.54, 1.807) is 6.92 Å². The van der Waals surface area contributed by atoms with Crippen LogP contribution in [-0.4, -0.2) is 64.4 Å². The zero-order valence-electron chi connectivity index (χ0n) is 16.9. The lowest BCUT2D eigenvalue weighted by Crippen LogP contribution is -2.43. The summed E-state index contributed by atoms with van der Waals surface area (Å²) in [4.78, 5) is 22.6. The second-order valence-electron chi connectivity index (χ2n) is 7.16. The molecule has 0 atom stereocenters. The Bertz CT molecular complexity index is 812. The van der Waals surface area contributed by atoms with E-state index >= 15 is 0 Å². The average Bonchev–Trinajstić information content (AvgIpc) is 2.62. The van der Waals surface area contributed by atoms with Crippen molar-refractivity contribution < 1.29 is 28.3 Å². The molecule has 10 nitrogen and oxygen atoms in total. The van der Waals surface area contributed by atoms with Crippen LogP contribution in [0.15, 0.2) is 18.2 Å². The number of phenols is 1. The monoisotopic (exact) mass is 431 g/mol. The molecule has 0 heterocycles. The number of hydrogen-bond donors (Lipinski definition) is 2. The lowest BCUT2D eigenvalue weighted by Gasteiger charge is -2.26. The summed E-state index contributed by atoms with van der Waals surface area (Å²) in [6, 6.07) is 4.08. The first-order valence-corrected chi connectivity index (χ1v) is 11.0. The molecule has 0 aliphatic heterocycles. The van der Waals surface area contributed by atoms with Crippen molar-refractivity contribution in [3.05, 3.63) is 33.9 Å². The van der Waals surface area contributed by atoms with E-state index in [0.29, 0.717) is 12.8 Å². The predicted molar refractivity (Wildman–Crippen MR) is 108 cm³/mol. The summed E-state index contributed by atoms with van der Waals surface area (Å²) in [5.74, 6) is -0.922. The van der Waals surface area contributed by atoms with E-state index in [0.717, 1.165) is 9.21 Å². The van der Waals surface area contributed by atoms with Crippen LogP contribution in [0, 0.1) is 16.0 Å². The number of hydrogen-bond acceptors (Lipinski definition) is 6. The van der Waals surface area contributed by atoms with Crippen molar-refractivity contribution in [1.82, 2.24) is 9.21 Å². The third-order valence-electron chi connectivity index (χ3n) is 4.36. The van der Waals surface area contributed by atoms with Gasteiger partial charge in [-0.25, -0.2) is 17.5 Å². The number of nitro groups is 1. The van der Waals surface area contributed by atoms with E-state index in [4.69, 9.17) is 0 Å². The fraction of sp³-hybridized carbons (Fsp3) is 0.611. The zero-order valence-corrected chi connectivity index (χ0v) is 17.8. The minimum atomic E-state index is -3.92. The van der Waals surface area contributed by atoms with Gasteiger partial charge in [0.1, 0.15) is 5.88 Å². The van der Waals surface area contributed by atoms with E-state index in [-0.39, 0.29) is 37.5 Å². The first-order chi connectivity index (χ1) is 13.5. The van der Waals surface area contributed by atoms with Gasteiger partial charge in [0.25, 0.3) is 0 Å². The molecule has 0 unspecified atom stereocenters. The summed E-state index contributed by atoms with van der Waals surface area (Å²) in [7, 11) is -3.92. The molecule has 29 heavy (non-hydrogen) atoms. The highest BCUT2D eigenvalue weighted by Gasteiger charge is 2.27. The number of rotatable bonds is 12. The third kappa shape index (κ3) is 7.50. The number of carboxylic acid groups (broad SMARTS) is 1. The zero-order chi connectivity index (χ0) is 22.2. The number of para-hydroxylation sites is 1. The molecule has 0 aromatic heterocycles. The summed E-state index contributed by atoms with van der Waals surface area (Å²) >= 11 is 0. The summed E-state index contributed by atoms with van der Waals surface area (Å²) in [5.41, 5.74) is -0.191. The summed E-state index contributed by atoms with van der Waals surface area (Å²) in [6.07, 6.45) is -0.190. The van der Waals surface area contributed by atoms with E-state index in [9.17, 15) is 33.5 Å². The van der Waals surface area contributed by atoms with Crippen molar-refractivity contribution in [1.29, 1.82) is 0 Å². The highest BCUT2D eigenvalue weighted by atomic mass is 32.2. The van der Waals surface area contributed by atoms with Crippen molar-refractivity contribution >= 4 is 21.8 Å². The second-order valence-corrected chi connectivity index (χ2v) is 9.10. The molecule has 0 saturated carbocycles. The fourth-order valence-corrected chi connectivity index (χ4v) is 4.35. The van der Waals surface area contributed by atoms with Crippen LogP contribution in [0.5, 0.6) is 5.75 Å². The maximum atomic E-state index is 12.8. The molecule has 2 N–H and O–H groups in total. The molecule has 0 radical (unpaired) electrons. The first-order valence-electron chi connectivity index (χ1n) is 9.40. The smallest absolute Gasteiger partial charge is 0.408 e. The lowest BCUT2D eigenvalue weighted by atomic mass is 10.1. The Morgan fingerprint density at radius 1 is 1.24 bits per heavy atom.